The van der Waals surface area contributed by atoms with Crippen molar-refractivity contribution in [2.45, 2.75) is 32.7 Å². The van der Waals surface area contributed by atoms with Gasteiger partial charge in [-0.1, -0.05) is 26.8 Å². The molecule has 0 aliphatic carbocycles. The van der Waals surface area contributed by atoms with E-state index >= 15 is 0 Å². The minimum atomic E-state index is -1.08. The Kier molecular flexibility index (Phi) is 5.23. The summed E-state index contributed by atoms with van der Waals surface area (Å²) in [6.07, 6.45) is 1.65. The number of nitrogens with zero attached hydrogens (tertiary/aromatic N) is 1. The molecule has 1 amide bonds. The summed E-state index contributed by atoms with van der Waals surface area (Å²) in [4.78, 5) is 26.8. The maximum atomic E-state index is 12.2. The molecule has 0 radical (unpaired) electrons. The van der Waals surface area contributed by atoms with Crippen LogP contribution < -0.4 is 10.1 Å². The average molecular weight is 332 g/mol. The summed E-state index contributed by atoms with van der Waals surface area (Å²) in [6, 6.07) is 6.30. The minimum Gasteiger partial charge on any atom is -0.482 e. The summed E-state index contributed by atoms with van der Waals surface area (Å²) in [5.41, 5.74) is 0.214. The molecule has 0 spiro atoms. The van der Waals surface area contributed by atoms with Crippen molar-refractivity contribution in [2.75, 3.05) is 6.61 Å². The first-order valence-electron chi connectivity index (χ1n) is 7.44. The highest BCUT2D eigenvalue weighted by atomic mass is 16.5. The first-order chi connectivity index (χ1) is 11.3. The van der Waals surface area contributed by atoms with Crippen molar-refractivity contribution in [3.8, 4) is 5.75 Å². The van der Waals surface area contributed by atoms with Gasteiger partial charge in [-0.05, 0) is 18.2 Å². The minimum absolute atomic E-state index is 0.148. The van der Waals surface area contributed by atoms with Crippen LogP contribution in [0.5, 0.6) is 5.75 Å². The molecule has 0 saturated heterocycles. The number of hydrogen-bond acceptors (Lipinski definition) is 5. The van der Waals surface area contributed by atoms with E-state index < -0.39 is 12.6 Å². The van der Waals surface area contributed by atoms with Crippen molar-refractivity contribution in [1.82, 2.24) is 10.3 Å². The maximum Gasteiger partial charge on any atom is 0.341 e. The predicted molar refractivity (Wildman–Crippen MR) is 85.9 cm³/mol. The summed E-state index contributed by atoms with van der Waals surface area (Å²) < 4.78 is 10.7. The van der Waals surface area contributed by atoms with Crippen molar-refractivity contribution in [3.05, 3.63) is 47.7 Å². The summed E-state index contributed by atoms with van der Waals surface area (Å²) in [7, 11) is 0. The molecule has 0 saturated carbocycles. The van der Waals surface area contributed by atoms with E-state index in [2.05, 4.69) is 10.3 Å². The molecule has 1 aromatic carbocycles. The Morgan fingerprint density at radius 3 is 2.71 bits per heavy atom. The number of carbonyl (C=O) groups excluding carboxylic acids is 1. The molecule has 7 nitrogen and oxygen atoms in total. The van der Waals surface area contributed by atoms with Crippen molar-refractivity contribution in [1.29, 1.82) is 0 Å². The molecule has 0 unspecified atom stereocenters. The van der Waals surface area contributed by atoms with Crippen LogP contribution in [0.15, 0.2) is 34.9 Å². The molecule has 0 aliphatic rings. The zero-order chi connectivity index (χ0) is 17.7. The van der Waals surface area contributed by atoms with Crippen LogP contribution in [0.1, 0.15) is 42.8 Å². The van der Waals surface area contributed by atoms with Crippen molar-refractivity contribution in [3.63, 3.8) is 0 Å². The van der Waals surface area contributed by atoms with E-state index in [-0.39, 0.29) is 17.9 Å². The second-order valence-corrected chi connectivity index (χ2v) is 6.26. The number of rotatable bonds is 6. The molecule has 128 valence electrons. The van der Waals surface area contributed by atoms with E-state index in [0.717, 1.165) is 5.76 Å². The van der Waals surface area contributed by atoms with Crippen LogP contribution in [0.3, 0.4) is 0 Å². The Morgan fingerprint density at radius 1 is 1.33 bits per heavy atom. The van der Waals surface area contributed by atoms with Gasteiger partial charge in [0.15, 0.2) is 6.61 Å². The van der Waals surface area contributed by atoms with Crippen LogP contribution in [0.25, 0.3) is 0 Å². The van der Waals surface area contributed by atoms with Crippen molar-refractivity contribution < 1.29 is 23.8 Å². The summed E-state index contributed by atoms with van der Waals surface area (Å²) >= 11 is 0. The van der Waals surface area contributed by atoms with Crippen LogP contribution >= 0.6 is 0 Å². The topological polar surface area (TPSA) is 102 Å². The highest BCUT2D eigenvalue weighted by Crippen LogP contribution is 2.22. The Morgan fingerprint density at radius 2 is 2.08 bits per heavy atom. The van der Waals surface area contributed by atoms with Crippen LogP contribution in [0, 0.1) is 0 Å². The number of carbonyl (C=O) groups is 2. The highest BCUT2D eigenvalue weighted by Gasteiger charge is 2.19. The molecular weight excluding hydrogens is 312 g/mol. The molecule has 2 aromatic rings. The lowest BCUT2D eigenvalue weighted by Crippen LogP contribution is -2.23. The summed E-state index contributed by atoms with van der Waals surface area (Å²) in [5, 5.41) is 11.3. The van der Waals surface area contributed by atoms with E-state index in [9.17, 15) is 9.59 Å². The zero-order valence-electron chi connectivity index (χ0n) is 13.8. The standard InChI is InChI=1S/C17H20N2O5/c1-17(2,3)13-8-18-14(24-13)9-19-16(22)11-5-4-6-12(7-11)23-10-15(20)21/h4-8H,9-10H2,1-3H3,(H,19,22)(H,20,21). The first kappa shape index (κ1) is 17.5. The third-order valence-electron chi connectivity index (χ3n) is 3.15. The normalized spacial score (nSPS) is 11.1. The number of benzene rings is 1. The Bertz CT molecular complexity index is 731. The van der Waals surface area contributed by atoms with Gasteiger partial charge in [-0.2, -0.15) is 0 Å². The number of carboxylic acid groups (broad SMARTS) is 1. The molecule has 2 rings (SSSR count). The number of carboxylic acids is 1. The average Bonchev–Trinajstić information content (AvgIpc) is 3.00. The fourth-order valence-electron chi connectivity index (χ4n) is 1.87. The fourth-order valence-corrected chi connectivity index (χ4v) is 1.87. The second-order valence-electron chi connectivity index (χ2n) is 6.26. The van der Waals surface area contributed by atoms with Gasteiger partial charge < -0.3 is 19.6 Å². The van der Waals surface area contributed by atoms with Gasteiger partial charge in [0.05, 0.1) is 12.7 Å². The molecule has 0 atom stereocenters. The van der Waals surface area contributed by atoms with Gasteiger partial charge >= 0.3 is 5.97 Å². The lowest BCUT2D eigenvalue weighted by Gasteiger charge is -2.13. The largest absolute Gasteiger partial charge is 0.482 e. The number of aliphatic carboxylic acids is 1. The molecular formula is C17H20N2O5. The van der Waals surface area contributed by atoms with Crippen LogP contribution in [0.2, 0.25) is 0 Å². The number of hydrogen-bond donors (Lipinski definition) is 2. The van der Waals surface area contributed by atoms with Gasteiger partial charge in [-0.25, -0.2) is 9.78 Å². The second kappa shape index (κ2) is 7.16. The van der Waals surface area contributed by atoms with Gasteiger partial charge in [0.2, 0.25) is 5.89 Å². The van der Waals surface area contributed by atoms with Crippen molar-refractivity contribution >= 4 is 11.9 Å². The van der Waals surface area contributed by atoms with E-state index in [0.29, 0.717) is 17.2 Å². The zero-order valence-corrected chi connectivity index (χ0v) is 13.8. The quantitative estimate of drug-likeness (QED) is 0.842. The lowest BCUT2D eigenvalue weighted by atomic mass is 9.94. The molecule has 24 heavy (non-hydrogen) atoms. The maximum absolute atomic E-state index is 12.2. The number of nitrogens with one attached hydrogen (secondary N) is 1. The molecule has 2 N–H and O–H groups in total. The van der Waals surface area contributed by atoms with Gasteiger partial charge in [-0.3, -0.25) is 4.79 Å². The predicted octanol–water partition coefficient (Wildman–Crippen LogP) is 2.37. The molecule has 1 heterocycles. The SMILES string of the molecule is CC(C)(C)c1cnc(CNC(=O)c2cccc(OCC(=O)O)c2)o1. The van der Waals surface area contributed by atoms with Crippen LogP contribution in [-0.4, -0.2) is 28.6 Å². The van der Waals surface area contributed by atoms with E-state index in [1.54, 1.807) is 24.4 Å². The third-order valence-corrected chi connectivity index (χ3v) is 3.15. The number of oxazole rings is 1. The first-order valence-corrected chi connectivity index (χ1v) is 7.44. The van der Waals surface area contributed by atoms with E-state index in [1.807, 2.05) is 20.8 Å². The van der Waals surface area contributed by atoms with Gasteiger partial charge in [-0.15, -0.1) is 0 Å². The van der Waals surface area contributed by atoms with E-state index in [4.69, 9.17) is 14.3 Å². The number of ether oxygens (including phenoxy) is 1. The monoisotopic (exact) mass is 332 g/mol. The van der Waals surface area contributed by atoms with Crippen molar-refractivity contribution in [2.24, 2.45) is 0 Å². The van der Waals surface area contributed by atoms with E-state index in [1.165, 1.54) is 6.07 Å². The summed E-state index contributed by atoms with van der Waals surface area (Å²) in [6.45, 7) is 5.74. The Labute approximate surface area is 139 Å². The highest BCUT2D eigenvalue weighted by molar-refractivity contribution is 5.94. The Hall–Kier alpha value is -2.83. The molecule has 7 heteroatoms. The lowest BCUT2D eigenvalue weighted by molar-refractivity contribution is -0.139. The molecule has 0 aliphatic heterocycles. The molecule has 0 fully saturated rings. The van der Waals surface area contributed by atoms with Gasteiger partial charge in [0.1, 0.15) is 11.5 Å². The third kappa shape index (κ3) is 4.84. The number of aromatic nitrogens is 1. The fraction of sp³-hybridized carbons (Fsp3) is 0.353. The van der Waals surface area contributed by atoms with Gasteiger partial charge in [0.25, 0.3) is 5.91 Å². The molecule has 0 bridgehead atoms. The number of amides is 1. The smallest absolute Gasteiger partial charge is 0.341 e. The van der Waals surface area contributed by atoms with Crippen LogP contribution in [-0.2, 0) is 16.8 Å². The Balaban J connectivity index is 1.96. The molecule has 1 aromatic heterocycles. The van der Waals surface area contributed by atoms with Gasteiger partial charge in [0, 0.05) is 11.0 Å². The summed E-state index contributed by atoms with van der Waals surface area (Å²) in [5.74, 6) is 0.0771. The van der Waals surface area contributed by atoms with Crippen LogP contribution in [0.4, 0.5) is 0 Å².